The number of halogens is 1. The van der Waals surface area contributed by atoms with Crippen molar-refractivity contribution < 1.29 is 13.9 Å². The maximum atomic E-state index is 12.3. The lowest BCUT2D eigenvalue weighted by Crippen LogP contribution is -2.19. The number of benzene rings is 2. The van der Waals surface area contributed by atoms with E-state index in [0.717, 1.165) is 5.56 Å². The number of carbonyl (C=O) groups is 1. The molecule has 36 heavy (non-hydrogen) atoms. The number of nitrogens with two attached hydrogens (primary N) is 3. The molecule has 0 aliphatic heterocycles. The molecule has 0 aliphatic rings. The van der Waals surface area contributed by atoms with Gasteiger partial charge in [-0.1, -0.05) is 11.6 Å². The zero-order valence-corrected chi connectivity index (χ0v) is 20.5. The first kappa shape index (κ1) is 23.4. The minimum Gasteiger partial charge on any atom is -0.493 e. The first-order valence-corrected chi connectivity index (χ1v) is 11.5. The second-order valence-corrected chi connectivity index (χ2v) is 8.64. The fourth-order valence-electron chi connectivity index (χ4n) is 4.34. The molecule has 6 N–H and O–H groups in total. The van der Waals surface area contributed by atoms with Gasteiger partial charge in [-0.15, -0.1) is 0 Å². The molecule has 3 aromatic heterocycles. The molecule has 0 spiro atoms. The van der Waals surface area contributed by atoms with Crippen molar-refractivity contribution in [2.24, 2.45) is 5.73 Å². The molecule has 0 radical (unpaired) electrons. The van der Waals surface area contributed by atoms with E-state index in [-0.39, 0.29) is 17.4 Å². The zero-order valence-electron chi connectivity index (χ0n) is 19.7. The van der Waals surface area contributed by atoms with Crippen molar-refractivity contribution >= 4 is 51.5 Å². The Balaban J connectivity index is 1.75. The average molecular weight is 507 g/mol. The molecule has 1 unspecified atom stereocenters. The van der Waals surface area contributed by atoms with E-state index in [0.29, 0.717) is 56.3 Å². The summed E-state index contributed by atoms with van der Waals surface area (Å²) < 4.78 is 13.0. The van der Waals surface area contributed by atoms with E-state index < -0.39 is 11.9 Å². The van der Waals surface area contributed by atoms with Crippen molar-refractivity contribution in [1.29, 1.82) is 0 Å². The predicted molar refractivity (Wildman–Crippen MR) is 137 cm³/mol. The van der Waals surface area contributed by atoms with Crippen LogP contribution in [-0.4, -0.2) is 37.2 Å². The minimum absolute atomic E-state index is 0.0685. The quantitative estimate of drug-likeness (QED) is 0.308. The molecule has 184 valence electrons. The molecule has 1 atom stereocenters. The average Bonchev–Trinajstić information content (AvgIpc) is 3.41. The molecule has 12 heteroatoms. The largest absolute Gasteiger partial charge is 0.493 e. The normalized spacial score (nSPS) is 12.3. The summed E-state index contributed by atoms with van der Waals surface area (Å²) >= 11 is 6.50. The van der Waals surface area contributed by atoms with E-state index in [1.165, 1.54) is 6.33 Å². The third-order valence-corrected chi connectivity index (χ3v) is 6.44. The summed E-state index contributed by atoms with van der Waals surface area (Å²) in [6.07, 6.45) is 1.37. The third kappa shape index (κ3) is 3.64. The molecule has 3 heterocycles. The molecule has 0 saturated carbocycles. The second kappa shape index (κ2) is 8.68. The lowest BCUT2D eigenvalue weighted by Gasteiger charge is -2.21. The van der Waals surface area contributed by atoms with Crippen molar-refractivity contribution in [2.45, 2.75) is 26.8 Å². The molecule has 1 amide bonds. The SMILES string of the molecule is CCOc1c(C(C)n2nc(-c3ccc4oc(N)nc4c3)c3c(N)ncnc32)cc(Cl)c(C)c1C(N)=O. The summed E-state index contributed by atoms with van der Waals surface area (Å²) in [6.45, 7) is 5.76. The van der Waals surface area contributed by atoms with E-state index in [1.807, 2.05) is 19.9 Å². The van der Waals surface area contributed by atoms with Crippen molar-refractivity contribution in [3.05, 3.63) is 52.3 Å². The van der Waals surface area contributed by atoms with Gasteiger partial charge in [-0.25, -0.2) is 14.6 Å². The standard InChI is InChI=1S/C24H23ClN8O3/c1-4-35-20-13(8-14(25)10(2)17(20)22(27)34)11(3)33-23-18(21(26)29-9-30-23)19(32-33)12-5-6-16-15(7-12)31-24(28)36-16/h5-9,11H,4H2,1-3H3,(H2,27,34)(H2,28,31)(H2,26,29,30). The van der Waals surface area contributed by atoms with Crippen molar-refractivity contribution in [1.82, 2.24) is 24.7 Å². The Bertz CT molecular complexity index is 1660. The zero-order chi connectivity index (χ0) is 25.7. The van der Waals surface area contributed by atoms with Gasteiger partial charge in [0.25, 0.3) is 11.9 Å². The molecule has 11 nitrogen and oxygen atoms in total. The molecule has 0 aliphatic carbocycles. The van der Waals surface area contributed by atoms with Gasteiger partial charge in [-0.05, 0) is 50.6 Å². The number of ether oxygens (including phenoxy) is 1. The number of amides is 1. The molecule has 5 aromatic rings. The van der Waals surface area contributed by atoms with Crippen molar-refractivity contribution in [3.63, 3.8) is 0 Å². The Kier molecular flexibility index (Phi) is 5.64. The summed E-state index contributed by atoms with van der Waals surface area (Å²) in [6, 6.07) is 6.74. The van der Waals surface area contributed by atoms with E-state index >= 15 is 0 Å². The highest BCUT2D eigenvalue weighted by atomic mass is 35.5. The van der Waals surface area contributed by atoms with Crippen LogP contribution in [0.2, 0.25) is 5.02 Å². The highest BCUT2D eigenvalue weighted by Crippen LogP contribution is 2.40. The van der Waals surface area contributed by atoms with Crippen LogP contribution in [-0.2, 0) is 0 Å². The highest BCUT2D eigenvalue weighted by Gasteiger charge is 2.27. The Morgan fingerprint density at radius 2 is 2.03 bits per heavy atom. The van der Waals surface area contributed by atoms with Crippen molar-refractivity contribution in [3.8, 4) is 17.0 Å². The highest BCUT2D eigenvalue weighted by molar-refractivity contribution is 6.32. The number of primary amides is 1. The number of nitrogens with zero attached hydrogens (tertiary/aromatic N) is 5. The van der Waals surface area contributed by atoms with E-state index in [9.17, 15) is 4.79 Å². The first-order valence-electron chi connectivity index (χ1n) is 11.1. The number of hydrogen-bond acceptors (Lipinski definition) is 9. The van der Waals surface area contributed by atoms with E-state index in [1.54, 1.807) is 29.8 Å². The van der Waals surface area contributed by atoms with Gasteiger partial charge in [0.1, 0.15) is 29.1 Å². The monoisotopic (exact) mass is 506 g/mol. The van der Waals surface area contributed by atoms with Crippen LogP contribution in [0.4, 0.5) is 11.8 Å². The second-order valence-electron chi connectivity index (χ2n) is 8.24. The Labute approximate surface area is 210 Å². The van der Waals surface area contributed by atoms with Gasteiger partial charge in [0.05, 0.1) is 23.6 Å². The van der Waals surface area contributed by atoms with Crippen molar-refractivity contribution in [2.75, 3.05) is 18.1 Å². The number of aromatic nitrogens is 5. The number of fused-ring (bicyclic) bond motifs is 2. The Morgan fingerprint density at radius 3 is 2.75 bits per heavy atom. The summed E-state index contributed by atoms with van der Waals surface area (Å²) in [5, 5.41) is 5.81. The molecular formula is C24H23ClN8O3. The van der Waals surface area contributed by atoms with Crippen LogP contribution < -0.4 is 21.9 Å². The fraction of sp³-hybridized carbons (Fsp3) is 0.208. The van der Waals surface area contributed by atoms with Gasteiger partial charge in [0, 0.05) is 16.1 Å². The van der Waals surface area contributed by atoms with Gasteiger partial charge >= 0.3 is 0 Å². The Morgan fingerprint density at radius 1 is 1.25 bits per heavy atom. The predicted octanol–water partition coefficient (Wildman–Crippen LogP) is 3.87. The van der Waals surface area contributed by atoms with Gasteiger partial charge < -0.3 is 26.4 Å². The molecule has 2 aromatic carbocycles. The smallest absolute Gasteiger partial charge is 0.292 e. The summed E-state index contributed by atoms with van der Waals surface area (Å²) in [5.74, 6) is -0.0196. The topological polar surface area (TPSA) is 174 Å². The maximum Gasteiger partial charge on any atom is 0.292 e. The molecule has 5 rings (SSSR count). The van der Waals surface area contributed by atoms with Crippen LogP contribution in [0.3, 0.4) is 0 Å². The summed E-state index contributed by atoms with van der Waals surface area (Å²) in [4.78, 5) is 25.2. The number of carbonyl (C=O) groups excluding carboxylic acids is 1. The number of anilines is 2. The van der Waals surface area contributed by atoms with Gasteiger partial charge in [0.2, 0.25) is 0 Å². The van der Waals surface area contributed by atoms with Crippen LogP contribution >= 0.6 is 11.6 Å². The summed E-state index contributed by atoms with van der Waals surface area (Å²) in [5.41, 5.74) is 22.0. The third-order valence-electron chi connectivity index (χ3n) is 6.05. The van der Waals surface area contributed by atoms with Gasteiger partial charge in [-0.3, -0.25) is 4.79 Å². The molecular weight excluding hydrogens is 484 g/mol. The van der Waals surface area contributed by atoms with E-state index in [2.05, 4.69) is 15.0 Å². The number of hydrogen-bond donors (Lipinski definition) is 3. The minimum atomic E-state index is -0.635. The van der Waals surface area contributed by atoms with Crippen LogP contribution in [0, 0.1) is 6.92 Å². The van der Waals surface area contributed by atoms with Crippen LogP contribution in [0.25, 0.3) is 33.4 Å². The lowest BCUT2D eigenvalue weighted by atomic mass is 9.98. The first-order chi connectivity index (χ1) is 17.2. The molecule has 0 saturated heterocycles. The number of nitrogen functional groups attached to an aromatic ring is 2. The molecule has 0 bridgehead atoms. The molecule has 0 fully saturated rings. The van der Waals surface area contributed by atoms with Crippen LogP contribution in [0.5, 0.6) is 5.75 Å². The van der Waals surface area contributed by atoms with Crippen LogP contribution in [0.15, 0.2) is 35.0 Å². The van der Waals surface area contributed by atoms with Crippen LogP contribution in [0.1, 0.15) is 41.4 Å². The Hall–Kier alpha value is -4.38. The maximum absolute atomic E-state index is 12.3. The fourth-order valence-corrected chi connectivity index (χ4v) is 4.56. The lowest BCUT2D eigenvalue weighted by molar-refractivity contribution is 0.0995. The number of rotatable bonds is 6. The van der Waals surface area contributed by atoms with E-state index in [4.69, 9.17) is 43.1 Å². The van der Waals surface area contributed by atoms with Gasteiger partial charge in [0.15, 0.2) is 11.2 Å². The summed E-state index contributed by atoms with van der Waals surface area (Å²) in [7, 11) is 0. The van der Waals surface area contributed by atoms with Gasteiger partial charge in [-0.2, -0.15) is 10.1 Å². The number of oxazole rings is 1.